The summed E-state index contributed by atoms with van der Waals surface area (Å²) in [5.74, 6) is 0.898. The van der Waals surface area contributed by atoms with Gasteiger partial charge in [-0.3, -0.25) is 9.48 Å². The number of aliphatic hydroxyl groups is 1. The maximum atomic E-state index is 12.5. The van der Waals surface area contributed by atoms with Gasteiger partial charge in [-0.2, -0.15) is 5.10 Å². The summed E-state index contributed by atoms with van der Waals surface area (Å²) in [7, 11) is 0. The fourth-order valence-corrected chi connectivity index (χ4v) is 3.10. The first kappa shape index (κ1) is 17.7. The van der Waals surface area contributed by atoms with Crippen LogP contribution in [0, 0.1) is 13.8 Å². The fraction of sp³-hybridized carbons (Fsp3) is 0.556. The van der Waals surface area contributed by atoms with E-state index >= 15 is 0 Å². The van der Waals surface area contributed by atoms with Crippen LogP contribution in [0.2, 0.25) is 0 Å². The summed E-state index contributed by atoms with van der Waals surface area (Å²) in [5, 5.41) is 17.7. The Hall–Kier alpha value is -2.12. The van der Waals surface area contributed by atoms with E-state index in [1.165, 1.54) is 0 Å². The van der Waals surface area contributed by atoms with Crippen molar-refractivity contribution >= 4 is 5.91 Å². The molecule has 1 unspecified atom stereocenters. The number of carbonyl (C=O) groups excluding carboxylic acids is 1. The van der Waals surface area contributed by atoms with Crippen LogP contribution in [0.4, 0.5) is 0 Å². The molecule has 0 spiro atoms. The van der Waals surface area contributed by atoms with E-state index in [2.05, 4.69) is 10.4 Å². The monoisotopic (exact) mass is 347 g/mol. The van der Waals surface area contributed by atoms with Gasteiger partial charge < -0.3 is 19.6 Å². The zero-order chi connectivity index (χ0) is 18.0. The van der Waals surface area contributed by atoms with Crippen molar-refractivity contribution in [2.45, 2.75) is 45.3 Å². The van der Waals surface area contributed by atoms with E-state index in [0.717, 1.165) is 37.5 Å². The van der Waals surface area contributed by atoms with Crippen LogP contribution in [0.1, 0.15) is 53.4 Å². The van der Waals surface area contributed by atoms with Crippen LogP contribution >= 0.6 is 0 Å². The Kier molecular flexibility index (Phi) is 4.96. The zero-order valence-electron chi connectivity index (χ0n) is 14.9. The largest absolute Gasteiger partial charge is 0.463 e. The van der Waals surface area contributed by atoms with Crippen molar-refractivity contribution in [3.05, 3.63) is 41.1 Å². The van der Waals surface area contributed by atoms with Crippen molar-refractivity contribution in [1.29, 1.82) is 0 Å². The molecule has 3 heterocycles. The Morgan fingerprint density at radius 1 is 1.40 bits per heavy atom. The van der Waals surface area contributed by atoms with Gasteiger partial charge in [0, 0.05) is 18.9 Å². The predicted octanol–water partition coefficient (Wildman–Crippen LogP) is 2.08. The average Bonchev–Trinajstić information content (AvgIpc) is 3.20. The Morgan fingerprint density at radius 2 is 2.12 bits per heavy atom. The third-order valence-corrected chi connectivity index (χ3v) is 4.69. The van der Waals surface area contributed by atoms with Gasteiger partial charge >= 0.3 is 0 Å². The van der Waals surface area contributed by atoms with Gasteiger partial charge in [0.15, 0.2) is 0 Å². The molecule has 1 fully saturated rings. The third-order valence-electron chi connectivity index (χ3n) is 4.69. The first-order chi connectivity index (χ1) is 11.9. The molecule has 0 aliphatic carbocycles. The summed E-state index contributed by atoms with van der Waals surface area (Å²) < 4.78 is 12.8. The van der Waals surface area contributed by atoms with Crippen LogP contribution in [0.25, 0.3) is 0 Å². The Labute approximate surface area is 147 Å². The van der Waals surface area contributed by atoms with Crippen LogP contribution in [-0.2, 0) is 10.3 Å². The second-order valence-corrected chi connectivity index (χ2v) is 6.80. The van der Waals surface area contributed by atoms with Gasteiger partial charge in [-0.05, 0) is 45.7 Å². The molecule has 1 amide bonds. The maximum Gasteiger partial charge on any atom is 0.254 e. The van der Waals surface area contributed by atoms with Crippen LogP contribution in [0.5, 0.6) is 0 Å². The van der Waals surface area contributed by atoms with Crippen molar-refractivity contribution in [3.63, 3.8) is 0 Å². The van der Waals surface area contributed by atoms with E-state index in [4.69, 9.17) is 9.15 Å². The van der Waals surface area contributed by atoms with Gasteiger partial charge in [-0.25, -0.2) is 0 Å². The number of nitrogens with zero attached hydrogens (tertiary/aromatic N) is 2. The first-order valence-corrected chi connectivity index (χ1v) is 8.58. The number of amides is 1. The summed E-state index contributed by atoms with van der Waals surface area (Å²) in [4.78, 5) is 12.5. The molecule has 1 aliphatic heterocycles. The minimum atomic E-state index is -1.27. The molecule has 0 saturated carbocycles. The minimum absolute atomic E-state index is 0.0562. The lowest BCUT2D eigenvalue weighted by molar-refractivity contribution is 0.0323. The predicted molar refractivity (Wildman–Crippen MR) is 91.4 cm³/mol. The molecule has 25 heavy (non-hydrogen) atoms. The molecule has 1 saturated heterocycles. The minimum Gasteiger partial charge on any atom is -0.463 e. The first-order valence-electron chi connectivity index (χ1n) is 8.58. The zero-order valence-corrected chi connectivity index (χ0v) is 14.9. The van der Waals surface area contributed by atoms with E-state index in [9.17, 15) is 9.90 Å². The number of hydrogen-bond acceptors (Lipinski definition) is 5. The van der Waals surface area contributed by atoms with Gasteiger partial charge in [-0.15, -0.1) is 0 Å². The molecule has 2 N–H and O–H groups in total. The van der Waals surface area contributed by atoms with E-state index in [0.29, 0.717) is 11.3 Å². The Morgan fingerprint density at radius 3 is 2.76 bits per heavy atom. The third kappa shape index (κ3) is 3.77. The molecular weight excluding hydrogens is 322 g/mol. The molecule has 0 bridgehead atoms. The summed E-state index contributed by atoms with van der Waals surface area (Å²) in [6.45, 7) is 6.82. The number of rotatable bonds is 5. The summed E-state index contributed by atoms with van der Waals surface area (Å²) in [5.41, 5.74) is 0.0879. The SMILES string of the molecule is Cc1ccc(C(C)(O)CNC(=O)c2cnn(C3CCOCC3)c2C)o1. The van der Waals surface area contributed by atoms with E-state index in [-0.39, 0.29) is 18.5 Å². The summed E-state index contributed by atoms with van der Waals surface area (Å²) >= 11 is 0. The van der Waals surface area contributed by atoms with Gasteiger partial charge in [0.2, 0.25) is 0 Å². The highest BCUT2D eigenvalue weighted by Crippen LogP contribution is 2.24. The molecule has 136 valence electrons. The van der Waals surface area contributed by atoms with E-state index < -0.39 is 5.60 Å². The fourth-order valence-electron chi connectivity index (χ4n) is 3.10. The van der Waals surface area contributed by atoms with Gasteiger partial charge in [0.1, 0.15) is 17.1 Å². The molecule has 0 radical (unpaired) electrons. The second kappa shape index (κ2) is 7.01. The van der Waals surface area contributed by atoms with Crippen molar-refractivity contribution in [2.24, 2.45) is 0 Å². The number of ether oxygens (including phenoxy) is 1. The molecule has 1 atom stereocenters. The molecular formula is C18H25N3O4. The molecule has 2 aromatic rings. The lowest BCUT2D eigenvalue weighted by atomic mass is 10.0. The number of furan rings is 1. The van der Waals surface area contributed by atoms with Crippen molar-refractivity contribution in [2.75, 3.05) is 19.8 Å². The average molecular weight is 347 g/mol. The Balaban J connectivity index is 1.66. The van der Waals surface area contributed by atoms with Gasteiger partial charge in [0.05, 0.1) is 24.3 Å². The highest BCUT2D eigenvalue weighted by atomic mass is 16.5. The maximum absolute atomic E-state index is 12.5. The molecule has 3 rings (SSSR count). The standard InChI is InChI=1S/C18H25N3O4/c1-12-4-5-16(25-12)18(3,23)11-19-17(22)15-10-20-21(13(15)2)14-6-8-24-9-7-14/h4-5,10,14,23H,6-9,11H2,1-3H3,(H,19,22). The normalized spacial score (nSPS) is 18.1. The van der Waals surface area contributed by atoms with Crippen molar-refractivity contribution < 1.29 is 19.1 Å². The van der Waals surface area contributed by atoms with Crippen LogP contribution in [-0.4, -0.2) is 40.6 Å². The van der Waals surface area contributed by atoms with Crippen LogP contribution in [0.15, 0.2) is 22.7 Å². The Bertz CT molecular complexity index is 741. The number of aryl methyl sites for hydroxylation is 1. The quantitative estimate of drug-likeness (QED) is 0.864. The van der Waals surface area contributed by atoms with Gasteiger partial charge in [0.25, 0.3) is 5.91 Å². The molecule has 7 nitrogen and oxygen atoms in total. The van der Waals surface area contributed by atoms with E-state index in [1.807, 2.05) is 18.5 Å². The number of nitrogens with one attached hydrogen (secondary N) is 1. The molecule has 2 aromatic heterocycles. The molecule has 7 heteroatoms. The van der Waals surface area contributed by atoms with Crippen LogP contribution in [0.3, 0.4) is 0 Å². The molecule has 0 aromatic carbocycles. The number of aromatic nitrogens is 2. The topological polar surface area (TPSA) is 89.5 Å². The second-order valence-electron chi connectivity index (χ2n) is 6.80. The highest BCUT2D eigenvalue weighted by molar-refractivity contribution is 5.95. The molecule has 1 aliphatic rings. The number of hydrogen-bond donors (Lipinski definition) is 2. The van der Waals surface area contributed by atoms with Gasteiger partial charge in [-0.1, -0.05) is 0 Å². The summed E-state index contributed by atoms with van der Waals surface area (Å²) in [6, 6.07) is 3.77. The smallest absolute Gasteiger partial charge is 0.254 e. The lowest BCUT2D eigenvalue weighted by Crippen LogP contribution is -2.38. The summed E-state index contributed by atoms with van der Waals surface area (Å²) in [6.07, 6.45) is 3.39. The van der Waals surface area contributed by atoms with Crippen molar-refractivity contribution in [3.8, 4) is 0 Å². The lowest BCUT2D eigenvalue weighted by Gasteiger charge is -2.24. The highest BCUT2D eigenvalue weighted by Gasteiger charge is 2.28. The van der Waals surface area contributed by atoms with Crippen LogP contribution < -0.4 is 5.32 Å². The number of carbonyl (C=O) groups is 1. The van der Waals surface area contributed by atoms with Crippen molar-refractivity contribution in [1.82, 2.24) is 15.1 Å². The van der Waals surface area contributed by atoms with E-state index in [1.54, 1.807) is 25.3 Å².